The fourth-order valence-corrected chi connectivity index (χ4v) is 2.41. The number of hydrogen-bond acceptors (Lipinski definition) is 5. The Morgan fingerprint density at radius 3 is 2.86 bits per heavy atom. The normalized spacial score (nSPS) is 16.0. The standard InChI is InChI=1S/C15H24N4O2/c1-21-10-4-5-13(16)15(20)18-12-6-7-14(17-11-12)19-8-2-3-9-19/h6-7,11,13H,2-5,8-10,16H2,1H3,(H,18,20). The summed E-state index contributed by atoms with van der Waals surface area (Å²) in [7, 11) is 1.64. The summed E-state index contributed by atoms with van der Waals surface area (Å²) in [5, 5.41) is 2.80. The first kappa shape index (κ1) is 15.7. The molecule has 1 fully saturated rings. The van der Waals surface area contributed by atoms with Crippen molar-refractivity contribution in [2.75, 3.05) is 37.0 Å². The molecule has 3 N–H and O–H groups in total. The number of hydrogen-bond donors (Lipinski definition) is 2. The van der Waals surface area contributed by atoms with E-state index in [-0.39, 0.29) is 5.91 Å². The van der Waals surface area contributed by atoms with Crippen LogP contribution in [0.4, 0.5) is 11.5 Å². The highest BCUT2D eigenvalue weighted by atomic mass is 16.5. The smallest absolute Gasteiger partial charge is 0.241 e. The van der Waals surface area contributed by atoms with E-state index < -0.39 is 6.04 Å². The highest BCUT2D eigenvalue weighted by Gasteiger charge is 2.15. The SMILES string of the molecule is COCCCC(N)C(=O)Nc1ccc(N2CCCC2)nc1. The van der Waals surface area contributed by atoms with E-state index in [1.54, 1.807) is 13.3 Å². The largest absolute Gasteiger partial charge is 0.385 e. The Kier molecular flexibility index (Phi) is 5.95. The lowest BCUT2D eigenvalue weighted by Gasteiger charge is -2.17. The lowest BCUT2D eigenvalue weighted by molar-refractivity contribution is -0.117. The number of carbonyl (C=O) groups excluding carboxylic acids is 1. The highest BCUT2D eigenvalue weighted by molar-refractivity contribution is 5.94. The molecule has 1 aromatic rings. The molecule has 0 spiro atoms. The molecule has 1 aliphatic rings. The van der Waals surface area contributed by atoms with E-state index in [0.717, 1.165) is 25.3 Å². The van der Waals surface area contributed by atoms with Crippen LogP contribution in [0.3, 0.4) is 0 Å². The predicted molar refractivity (Wildman–Crippen MR) is 83.4 cm³/mol. The summed E-state index contributed by atoms with van der Waals surface area (Å²) in [4.78, 5) is 18.6. The molecule has 1 atom stereocenters. The van der Waals surface area contributed by atoms with Crippen LogP contribution in [0.5, 0.6) is 0 Å². The van der Waals surface area contributed by atoms with Crippen molar-refractivity contribution in [3.05, 3.63) is 18.3 Å². The Balaban J connectivity index is 1.83. The predicted octanol–water partition coefficient (Wildman–Crippen LogP) is 1.37. The number of carbonyl (C=O) groups is 1. The van der Waals surface area contributed by atoms with Gasteiger partial charge >= 0.3 is 0 Å². The van der Waals surface area contributed by atoms with E-state index in [4.69, 9.17) is 10.5 Å². The molecule has 21 heavy (non-hydrogen) atoms. The van der Waals surface area contributed by atoms with Gasteiger partial charge in [-0.05, 0) is 37.8 Å². The Labute approximate surface area is 125 Å². The van der Waals surface area contributed by atoms with Crippen LogP contribution in [-0.4, -0.2) is 43.7 Å². The third-order valence-electron chi connectivity index (χ3n) is 3.65. The van der Waals surface area contributed by atoms with Crippen LogP contribution in [0.2, 0.25) is 0 Å². The van der Waals surface area contributed by atoms with Gasteiger partial charge in [0.05, 0.1) is 17.9 Å². The summed E-state index contributed by atoms with van der Waals surface area (Å²) in [6.45, 7) is 2.74. The van der Waals surface area contributed by atoms with Gasteiger partial charge in [-0.15, -0.1) is 0 Å². The van der Waals surface area contributed by atoms with Gasteiger partial charge in [-0.1, -0.05) is 0 Å². The summed E-state index contributed by atoms with van der Waals surface area (Å²) in [6.07, 6.45) is 5.51. The van der Waals surface area contributed by atoms with Crippen LogP contribution >= 0.6 is 0 Å². The van der Waals surface area contributed by atoms with Gasteiger partial charge in [0.25, 0.3) is 0 Å². The Morgan fingerprint density at radius 2 is 2.24 bits per heavy atom. The van der Waals surface area contributed by atoms with Gasteiger partial charge in [-0.2, -0.15) is 0 Å². The fourth-order valence-electron chi connectivity index (χ4n) is 2.41. The van der Waals surface area contributed by atoms with Crippen LogP contribution in [0.1, 0.15) is 25.7 Å². The average molecular weight is 292 g/mol. The van der Waals surface area contributed by atoms with Gasteiger partial charge in [-0.25, -0.2) is 4.98 Å². The van der Waals surface area contributed by atoms with Gasteiger partial charge in [-0.3, -0.25) is 4.79 Å². The number of nitrogens with two attached hydrogens (primary N) is 1. The van der Waals surface area contributed by atoms with Gasteiger partial charge in [0.15, 0.2) is 0 Å². The number of amides is 1. The minimum Gasteiger partial charge on any atom is -0.385 e. The van der Waals surface area contributed by atoms with Crippen LogP contribution in [0.25, 0.3) is 0 Å². The molecule has 1 saturated heterocycles. The summed E-state index contributed by atoms with van der Waals surface area (Å²) in [6, 6.07) is 3.30. The van der Waals surface area contributed by atoms with E-state index in [9.17, 15) is 4.79 Å². The second kappa shape index (κ2) is 7.95. The molecule has 2 rings (SSSR count). The average Bonchev–Trinajstić information content (AvgIpc) is 3.02. The highest BCUT2D eigenvalue weighted by Crippen LogP contribution is 2.19. The van der Waals surface area contributed by atoms with Crippen molar-refractivity contribution in [1.29, 1.82) is 0 Å². The molecular formula is C15H24N4O2. The van der Waals surface area contributed by atoms with Crippen molar-refractivity contribution in [1.82, 2.24) is 4.98 Å². The third-order valence-corrected chi connectivity index (χ3v) is 3.65. The first-order chi connectivity index (χ1) is 10.2. The second-order valence-electron chi connectivity index (χ2n) is 5.33. The van der Waals surface area contributed by atoms with Gasteiger partial charge < -0.3 is 20.7 Å². The van der Waals surface area contributed by atoms with Crippen LogP contribution < -0.4 is 16.0 Å². The first-order valence-corrected chi connectivity index (χ1v) is 7.47. The van der Waals surface area contributed by atoms with E-state index >= 15 is 0 Å². The van der Waals surface area contributed by atoms with Gasteiger partial charge in [0, 0.05) is 26.8 Å². The maximum Gasteiger partial charge on any atom is 0.241 e. The van der Waals surface area contributed by atoms with Gasteiger partial charge in [0.1, 0.15) is 5.82 Å². The quantitative estimate of drug-likeness (QED) is 0.742. The molecule has 6 heteroatoms. The molecule has 0 saturated carbocycles. The molecule has 0 bridgehead atoms. The molecule has 0 aromatic carbocycles. The molecule has 1 unspecified atom stereocenters. The van der Waals surface area contributed by atoms with Gasteiger partial charge in [0.2, 0.25) is 5.91 Å². The molecule has 0 radical (unpaired) electrons. The molecule has 2 heterocycles. The Bertz CT molecular complexity index is 443. The monoisotopic (exact) mass is 292 g/mol. The maximum atomic E-state index is 11.9. The fraction of sp³-hybridized carbons (Fsp3) is 0.600. The number of aromatic nitrogens is 1. The van der Waals surface area contributed by atoms with Crippen LogP contribution in [-0.2, 0) is 9.53 Å². The van der Waals surface area contributed by atoms with E-state index in [2.05, 4.69) is 15.2 Å². The van der Waals surface area contributed by atoms with Crippen molar-refractivity contribution in [3.63, 3.8) is 0 Å². The zero-order valence-corrected chi connectivity index (χ0v) is 12.5. The summed E-state index contributed by atoms with van der Waals surface area (Å²) in [5.74, 6) is 0.789. The summed E-state index contributed by atoms with van der Waals surface area (Å²) < 4.78 is 4.95. The van der Waals surface area contributed by atoms with Crippen molar-refractivity contribution in [3.8, 4) is 0 Å². The molecule has 6 nitrogen and oxygen atoms in total. The minimum atomic E-state index is -0.515. The van der Waals surface area contributed by atoms with Crippen molar-refractivity contribution >= 4 is 17.4 Å². The number of methoxy groups -OCH3 is 1. The lowest BCUT2D eigenvalue weighted by Crippen LogP contribution is -2.35. The number of nitrogens with one attached hydrogen (secondary N) is 1. The van der Waals surface area contributed by atoms with Crippen molar-refractivity contribution in [2.24, 2.45) is 5.73 Å². The number of rotatable bonds is 7. The summed E-state index contributed by atoms with van der Waals surface area (Å²) >= 11 is 0. The van der Waals surface area contributed by atoms with E-state index in [1.165, 1.54) is 12.8 Å². The Morgan fingerprint density at radius 1 is 1.48 bits per heavy atom. The van der Waals surface area contributed by atoms with Crippen LogP contribution in [0, 0.1) is 0 Å². The zero-order valence-electron chi connectivity index (χ0n) is 12.5. The Hall–Kier alpha value is -1.66. The van der Waals surface area contributed by atoms with Crippen LogP contribution in [0.15, 0.2) is 18.3 Å². The van der Waals surface area contributed by atoms with E-state index in [1.807, 2.05) is 12.1 Å². The number of nitrogens with zero attached hydrogens (tertiary/aromatic N) is 2. The number of pyridine rings is 1. The molecular weight excluding hydrogens is 268 g/mol. The molecule has 116 valence electrons. The minimum absolute atomic E-state index is 0.179. The maximum absolute atomic E-state index is 11.9. The molecule has 0 aliphatic carbocycles. The molecule has 1 amide bonds. The molecule has 1 aliphatic heterocycles. The van der Waals surface area contributed by atoms with Crippen molar-refractivity contribution < 1.29 is 9.53 Å². The lowest BCUT2D eigenvalue weighted by atomic mass is 10.1. The third kappa shape index (κ3) is 4.68. The van der Waals surface area contributed by atoms with Crippen molar-refractivity contribution in [2.45, 2.75) is 31.7 Å². The summed E-state index contributed by atoms with van der Waals surface area (Å²) in [5.41, 5.74) is 6.52. The number of ether oxygens (including phenoxy) is 1. The number of anilines is 2. The topological polar surface area (TPSA) is 80.5 Å². The molecule has 1 aromatic heterocycles. The zero-order chi connectivity index (χ0) is 15.1. The van der Waals surface area contributed by atoms with E-state index in [0.29, 0.717) is 18.7 Å². The first-order valence-electron chi connectivity index (χ1n) is 7.47. The second-order valence-corrected chi connectivity index (χ2v) is 5.33.